The summed E-state index contributed by atoms with van der Waals surface area (Å²) >= 11 is 1.40. The molecule has 1 heterocycles. The molecule has 0 saturated heterocycles. The molecule has 1 aromatic heterocycles. The van der Waals surface area contributed by atoms with E-state index >= 15 is 0 Å². The van der Waals surface area contributed by atoms with Crippen molar-refractivity contribution >= 4 is 28.6 Å². The van der Waals surface area contributed by atoms with Gasteiger partial charge in [0.1, 0.15) is 0 Å². The van der Waals surface area contributed by atoms with E-state index < -0.39 is 0 Å². The van der Waals surface area contributed by atoms with Crippen LogP contribution in [-0.2, 0) is 0 Å². The van der Waals surface area contributed by atoms with Gasteiger partial charge in [-0.25, -0.2) is 4.98 Å². The van der Waals surface area contributed by atoms with Gasteiger partial charge in [-0.3, -0.25) is 4.79 Å². The van der Waals surface area contributed by atoms with Crippen LogP contribution in [0.2, 0.25) is 0 Å². The first kappa shape index (κ1) is 12.7. The highest BCUT2D eigenvalue weighted by Gasteiger charge is 2.02. The number of rotatable bonds is 4. The predicted molar refractivity (Wildman–Crippen MR) is 81.9 cm³/mol. The maximum absolute atomic E-state index is 11.9. The number of H-pyrrole nitrogens is 1. The fourth-order valence-corrected chi connectivity index (χ4v) is 2.48. The van der Waals surface area contributed by atoms with Crippen LogP contribution in [0.25, 0.3) is 11.0 Å². The molecule has 0 aliphatic carbocycles. The van der Waals surface area contributed by atoms with E-state index in [-0.39, 0.29) is 5.78 Å². The molecule has 0 aliphatic heterocycles. The minimum absolute atomic E-state index is 0.00536. The van der Waals surface area contributed by atoms with Gasteiger partial charge in [-0.1, -0.05) is 54.2 Å². The quantitative estimate of drug-likeness (QED) is 0.445. The van der Waals surface area contributed by atoms with Crippen molar-refractivity contribution in [2.45, 2.75) is 5.16 Å². The summed E-state index contributed by atoms with van der Waals surface area (Å²) in [6.45, 7) is 0. The van der Waals surface area contributed by atoms with Crippen LogP contribution in [0.1, 0.15) is 10.4 Å². The van der Waals surface area contributed by atoms with Crippen molar-refractivity contribution in [3.63, 3.8) is 0 Å². The Bertz CT molecular complexity index is 729. The summed E-state index contributed by atoms with van der Waals surface area (Å²) in [6.07, 6.45) is 1.56. The molecule has 98 valence electrons. The molecule has 0 radical (unpaired) electrons. The van der Waals surface area contributed by atoms with Crippen molar-refractivity contribution in [3.8, 4) is 0 Å². The van der Waals surface area contributed by atoms with Gasteiger partial charge in [0.05, 0.1) is 11.0 Å². The summed E-state index contributed by atoms with van der Waals surface area (Å²) in [5.41, 5.74) is 2.62. The summed E-state index contributed by atoms with van der Waals surface area (Å²) in [5, 5.41) is 2.54. The second-order valence-corrected chi connectivity index (χ2v) is 5.10. The van der Waals surface area contributed by atoms with Crippen LogP contribution < -0.4 is 0 Å². The van der Waals surface area contributed by atoms with E-state index in [0.717, 1.165) is 16.2 Å². The number of fused-ring (bicyclic) bond motifs is 1. The number of thioether (sulfide) groups is 1. The van der Waals surface area contributed by atoms with Gasteiger partial charge in [-0.15, -0.1) is 0 Å². The zero-order valence-electron chi connectivity index (χ0n) is 10.6. The number of nitrogens with zero attached hydrogens (tertiary/aromatic N) is 1. The summed E-state index contributed by atoms with van der Waals surface area (Å²) < 4.78 is 0. The van der Waals surface area contributed by atoms with E-state index in [1.807, 2.05) is 42.5 Å². The number of para-hydroxylation sites is 2. The fourth-order valence-electron chi connectivity index (χ4n) is 1.84. The molecule has 1 N–H and O–H groups in total. The van der Waals surface area contributed by atoms with Crippen molar-refractivity contribution in [3.05, 3.63) is 71.6 Å². The van der Waals surface area contributed by atoms with Crippen molar-refractivity contribution in [2.24, 2.45) is 0 Å². The van der Waals surface area contributed by atoms with Crippen LogP contribution in [-0.4, -0.2) is 15.8 Å². The second-order valence-electron chi connectivity index (χ2n) is 4.21. The SMILES string of the molecule is O=C(/C=C/Sc1nc2ccccc2[nH]1)c1ccccc1. The summed E-state index contributed by atoms with van der Waals surface area (Å²) in [7, 11) is 0. The molecular formula is C16H12N2OS. The van der Waals surface area contributed by atoms with E-state index in [2.05, 4.69) is 9.97 Å². The highest BCUT2D eigenvalue weighted by atomic mass is 32.2. The lowest BCUT2D eigenvalue weighted by molar-refractivity contribution is 0.104. The second kappa shape index (κ2) is 5.75. The van der Waals surface area contributed by atoms with Gasteiger partial charge in [0.25, 0.3) is 0 Å². The average Bonchev–Trinajstić information content (AvgIpc) is 2.90. The molecule has 0 aliphatic rings. The fraction of sp³-hybridized carbons (Fsp3) is 0. The molecule has 0 unspecified atom stereocenters. The monoisotopic (exact) mass is 280 g/mol. The third-order valence-electron chi connectivity index (χ3n) is 2.83. The molecule has 0 amide bonds. The summed E-state index contributed by atoms with van der Waals surface area (Å²) in [4.78, 5) is 19.5. The molecule has 3 nitrogen and oxygen atoms in total. The number of hydrogen-bond acceptors (Lipinski definition) is 3. The lowest BCUT2D eigenvalue weighted by Gasteiger charge is -1.93. The molecule has 0 fully saturated rings. The van der Waals surface area contributed by atoms with Crippen molar-refractivity contribution in [1.29, 1.82) is 0 Å². The van der Waals surface area contributed by atoms with Crippen molar-refractivity contribution in [2.75, 3.05) is 0 Å². The third kappa shape index (κ3) is 2.81. The lowest BCUT2D eigenvalue weighted by Crippen LogP contribution is -1.92. The Hall–Kier alpha value is -2.33. The van der Waals surface area contributed by atoms with Crippen molar-refractivity contribution < 1.29 is 4.79 Å². The third-order valence-corrected chi connectivity index (χ3v) is 3.51. The zero-order valence-corrected chi connectivity index (χ0v) is 11.4. The number of hydrogen-bond donors (Lipinski definition) is 1. The minimum Gasteiger partial charge on any atom is -0.333 e. The van der Waals surface area contributed by atoms with Gasteiger partial charge in [0, 0.05) is 5.56 Å². The lowest BCUT2D eigenvalue weighted by atomic mass is 10.1. The first-order valence-corrected chi connectivity index (χ1v) is 7.08. The number of imidazole rings is 1. The standard InChI is InChI=1S/C16H12N2OS/c19-15(12-6-2-1-3-7-12)10-11-20-16-17-13-8-4-5-9-14(13)18-16/h1-11H,(H,17,18)/b11-10+. The van der Waals surface area contributed by atoms with Gasteiger partial charge in [0.2, 0.25) is 0 Å². The van der Waals surface area contributed by atoms with Crippen LogP contribution in [0.3, 0.4) is 0 Å². The Labute approximate surface area is 120 Å². The van der Waals surface area contributed by atoms with Crippen LogP contribution in [0.5, 0.6) is 0 Å². The Morgan fingerprint density at radius 2 is 1.80 bits per heavy atom. The van der Waals surface area contributed by atoms with E-state index in [0.29, 0.717) is 5.56 Å². The summed E-state index contributed by atoms with van der Waals surface area (Å²) in [6, 6.07) is 17.1. The molecule has 0 saturated carbocycles. The number of carbonyl (C=O) groups excluding carboxylic acids is 1. The summed E-state index contributed by atoms with van der Waals surface area (Å²) in [5.74, 6) is -0.00536. The van der Waals surface area contributed by atoms with Crippen LogP contribution in [0.15, 0.2) is 71.2 Å². The van der Waals surface area contributed by atoms with Crippen LogP contribution in [0, 0.1) is 0 Å². The molecule has 3 rings (SSSR count). The van der Waals surface area contributed by atoms with Gasteiger partial charge in [0.15, 0.2) is 10.9 Å². The Balaban J connectivity index is 1.70. The Kier molecular flexibility index (Phi) is 3.65. The Morgan fingerprint density at radius 1 is 1.05 bits per heavy atom. The van der Waals surface area contributed by atoms with E-state index in [4.69, 9.17) is 0 Å². The number of allylic oxidation sites excluding steroid dienone is 1. The highest BCUT2D eigenvalue weighted by Crippen LogP contribution is 2.20. The molecular weight excluding hydrogens is 268 g/mol. The van der Waals surface area contributed by atoms with Crippen LogP contribution in [0.4, 0.5) is 0 Å². The first-order chi connectivity index (χ1) is 9.83. The Morgan fingerprint density at radius 3 is 2.60 bits per heavy atom. The predicted octanol–water partition coefficient (Wildman–Crippen LogP) is 4.05. The van der Waals surface area contributed by atoms with Gasteiger partial charge >= 0.3 is 0 Å². The largest absolute Gasteiger partial charge is 0.333 e. The molecule has 2 aromatic carbocycles. The van der Waals surface area contributed by atoms with E-state index in [9.17, 15) is 4.79 Å². The highest BCUT2D eigenvalue weighted by molar-refractivity contribution is 8.02. The molecule has 0 spiro atoms. The maximum Gasteiger partial charge on any atom is 0.186 e. The first-order valence-electron chi connectivity index (χ1n) is 6.20. The number of ketones is 1. The normalized spacial score (nSPS) is 11.2. The smallest absolute Gasteiger partial charge is 0.186 e. The van der Waals surface area contributed by atoms with Crippen molar-refractivity contribution in [1.82, 2.24) is 9.97 Å². The molecule has 0 bridgehead atoms. The van der Waals surface area contributed by atoms with Gasteiger partial charge in [-0.05, 0) is 23.6 Å². The average molecular weight is 280 g/mol. The van der Waals surface area contributed by atoms with Gasteiger partial charge in [-0.2, -0.15) is 0 Å². The van der Waals surface area contributed by atoms with Crippen LogP contribution >= 0.6 is 11.8 Å². The maximum atomic E-state index is 11.9. The van der Waals surface area contributed by atoms with Gasteiger partial charge < -0.3 is 4.98 Å². The zero-order chi connectivity index (χ0) is 13.8. The number of aromatic amines is 1. The number of nitrogens with one attached hydrogen (secondary N) is 1. The molecule has 20 heavy (non-hydrogen) atoms. The molecule has 4 heteroatoms. The minimum atomic E-state index is -0.00536. The topological polar surface area (TPSA) is 45.8 Å². The molecule has 3 aromatic rings. The number of aromatic nitrogens is 2. The number of carbonyl (C=O) groups is 1. The molecule has 0 atom stereocenters. The van der Waals surface area contributed by atoms with E-state index in [1.165, 1.54) is 11.8 Å². The number of benzene rings is 2. The van der Waals surface area contributed by atoms with E-state index in [1.54, 1.807) is 23.6 Å².